The van der Waals surface area contributed by atoms with E-state index in [1.165, 1.54) is 6.92 Å². The molecule has 0 aliphatic heterocycles. The molecule has 2 rings (SSSR count). The molecule has 0 fully saturated rings. The number of benzene rings is 2. The molecule has 0 saturated heterocycles. The summed E-state index contributed by atoms with van der Waals surface area (Å²) in [6, 6.07) is 13.8. The zero-order valence-electron chi connectivity index (χ0n) is 9.92. The van der Waals surface area contributed by atoms with E-state index in [1.54, 1.807) is 42.5 Å². The highest BCUT2D eigenvalue weighted by molar-refractivity contribution is 5.96. The maximum absolute atomic E-state index is 11.4. The van der Waals surface area contributed by atoms with E-state index in [1.807, 2.05) is 6.07 Å². The lowest BCUT2D eigenvalue weighted by atomic mass is 10.1. The summed E-state index contributed by atoms with van der Waals surface area (Å²) in [6.07, 6.45) is 0.771. The average Bonchev–Trinajstić information content (AvgIpc) is 2.40. The molecule has 0 aliphatic rings. The van der Waals surface area contributed by atoms with Gasteiger partial charge in [0.25, 0.3) is 0 Å². The third-order valence-corrected chi connectivity index (χ3v) is 2.51. The zero-order valence-corrected chi connectivity index (χ0v) is 9.92. The molecule has 0 saturated carbocycles. The van der Waals surface area contributed by atoms with Crippen LogP contribution in [0.3, 0.4) is 0 Å². The molecule has 0 aliphatic carbocycles. The summed E-state index contributed by atoms with van der Waals surface area (Å²) in [5.74, 6) is 1.06. The number of rotatable bonds is 4. The van der Waals surface area contributed by atoms with Crippen molar-refractivity contribution in [1.29, 1.82) is 0 Å². The molecule has 0 radical (unpaired) electrons. The first-order valence-corrected chi connectivity index (χ1v) is 5.54. The van der Waals surface area contributed by atoms with Gasteiger partial charge >= 0.3 is 0 Å². The maximum atomic E-state index is 11.4. The summed E-state index contributed by atoms with van der Waals surface area (Å²) in [7, 11) is 0. The van der Waals surface area contributed by atoms with Crippen molar-refractivity contribution in [1.82, 2.24) is 0 Å². The molecular weight excluding hydrogens is 228 g/mol. The summed E-state index contributed by atoms with van der Waals surface area (Å²) in [4.78, 5) is 22.0. The van der Waals surface area contributed by atoms with E-state index in [0.717, 1.165) is 6.29 Å². The van der Waals surface area contributed by atoms with E-state index in [0.29, 0.717) is 22.6 Å². The Labute approximate surface area is 105 Å². The lowest BCUT2D eigenvalue weighted by Gasteiger charge is -2.09. The van der Waals surface area contributed by atoms with Gasteiger partial charge in [0.05, 0.1) is 5.56 Å². The van der Waals surface area contributed by atoms with Crippen molar-refractivity contribution in [2.45, 2.75) is 6.92 Å². The first-order valence-electron chi connectivity index (χ1n) is 5.54. The fraction of sp³-hybridized carbons (Fsp3) is 0.0667. The quantitative estimate of drug-likeness (QED) is 0.606. The van der Waals surface area contributed by atoms with E-state index in [9.17, 15) is 9.59 Å². The number of para-hydroxylation sites is 1. The Bertz CT molecular complexity index is 571. The first kappa shape index (κ1) is 12.0. The summed E-state index contributed by atoms with van der Waals surface area (Å²) in [5, 5.41) is 0. The Kier molecular flexibility index (Phi) is 3.53. The third kappa shape index (κ3) is 2.63. The summed E-state index contributed by atoms with van der Waals surface area (Å²) in [5.41, 5.74) is 1.12. The highest BCUT2D eigenvalue weighted by Gasteiger charge is 2.08. The van der Waals surface area contributed by atoms with Gasteiger partial charge in [-0.05, 0) is 43.3 Å². The number of ketones is 1. The minimum absolute atomic E-state index is 0.0462. The Hall–Kier alpha value is -2.42. The molecular formula is C15H12O3. The van der Waals surface area contributed by atoms with Crippen molar-refractivity contribution in [3.05, 3.63) is 59.7 Å². The van der Waals surface area contributed by atoms with E-state index >= 15 is 0 Å². The molecule has 0 aromatic heterocycles. The largest absolute Gasteiger partial charge is 0.457 e. The molecule has 3 nitrogen and oxygen atoms in total. The standard InChI is InChI=1S/C15H12O3/c1-11(17)14-4-2-3-5-15(14)18-13-8-6-12(10-16)7-9-13/h2-10H,1H3. The second kappa shape index (κ2) is 5.27. The van der Waals surface area contributed by atoms with Crippen LogP contribution < -0.4 is 4.74 Å². The lowest BCUT2D eigenvalue weighted by Crippen LogP contribution is -1.96. The normalized spacial score (nSPS) is 9.83. The van der Waals surface area contributed by atoms with Gasteiger partial charge in [-0.25, -0.2) is 0 Å². The number of carbonyl (C=O) groups excluding carboxylic acids is 2. The van der Waals surface area contributed by atoms with Crippen molar-refractivity contribution in [3.8, 4) is 11.5 Å². The van der Waals surface area contributed by atoms with Crippen LogP contribution >= 0.6 is 0 Å². The van der Waals surface area contributed by atoms with Crippen molar-refractivity contribution < 1.29 is 14.3 Å². The maximum Gasteiger partial charge on any atom is 0.163 e. The average molecular weight is 240 g/mol. The Balaban J connectivity index is 2.28. The van der Waals surface area contributed by atoms with Crippen molar-refractivity contribution in [2.24, 2.45) is 0 Å². The fourth-order valence-electron chi connectivity index (χ4n) is 1.59. The molecule has 0 amide bonds. The van der Waals surface area contributed by atoms with Crippen molar-refractivity contribution >= 4 is 12.1 Å². The number of hydrogen-bond donors (Lipinski definition) is 0. The molecule has 0 unspecified atom stereocenters. The van der Waals surface area contributed by atoms with Crippen LogP contribution in [0.1, 0.15) is 27.6 Å². The molecule has 0 bridgehead atoms. The molecule has 3 heteroatoms. The predicted octanol–water partition coefficient (Wildman–Crippen LogP) is 3.49. The highest BCUT2D eigenvalue weighted by atomic mass is 16.5. The monoisotopic (exact) mass is 240 g/mol. The summed E-state index contributed by atoms with van der Waals surface area (Å²) < 4.78 is 5.63. The number of ether oxygens (including phenoxy) is 1. The Morgan fingerprint density at radius 2 is 1.72 bits per heavy atom. The van der Waals surface area contributed by atoms with Crippen LogP contribution in [0.25, 0.3) is 0 Å². The highest BCUT2D eigenvalue weighted by Crippen LogP contribution is 2.25. The number of hydrogen-bond acceptors (Lipinski definition) is 3. The minimum atomic E-state index is -0.0462. The van der Waals surface area contributed by atoms with E-state index in [-0.39, 0.29) is 5.78 Å². The van der Waals surface area contributed by atoms with Gasteiger partial charge in [0, 0.05) is 5.56 Å². The summed E-state index contributed by atoms with van der Waals surface area (Å²) >= 11 is 0. The molecule has 2 aromatic carbocycles. The molecule has 0 heterocycles. The minimum Gasteiger partial charge on any atom is -0.457 e. The summed E-state index contributed by atoms with van der Waals surface area (Å²) in [6.45, 7) is 1.50. The lowest BCUT2D eigenvalue weighted by molar-refractivity contribution is 0.101. The third-order valence-electron chi connectivity index (χ3n) is 2.51. The second-order valence-corrected chi connectivity index (χ2v) is 3.84. The predicted molar refractivity (Wildman–Crippen MR) is 68.4 cm³/mol. The van der Waals surface area contributed by atoms with Crippen LogP contribution in [0.5, 0.6) is 11.5 Å². The van der Waals surface area contributed by atoms with Crippen LogP contribution in [0, 0.1) is 0 Å². The van der Waals surface area contributed by atoms with Crippen molar-refractivity contribution in [2.75, 3.05) is 0 Å². The van der Waals surface area contributed by atoms with E-state index < -0.39 is 0 Å². The second-order valence-electron chi connectivity index (χ2n) is 3.84. The molecule has 18 heavy (non-hydrogen) atoms. The first-order chi connectivity index (χ1) is 8.70. The molecule has 90 valence electrons. The molecule has 0 N–H and O–H groups in total. The van der Waals surface area contributed by atoms with E-state index in [4.69, 9.17) is 4.74 Å². The molecule has 0 spiro atoms. The fourth-order valence-corrected chi connectivity index (χ4v) is 1.59. The van der Waals surface area contributed by atoms with Gasteiger partial charge in [-0.15, -0.1) is 0 Å². The number of aldehydes is 1. The SMILES string of the molecule is CC(=O)c1ccccc1Oc1ccc(C=O)cc1. The molecule has 0 atom stereocenters. The van der Waals surface area contributed by atoms with Gasteiger partial charge in [0.2, 0.25) is 0 Å². The van der Waals surface area contributed by atoms with Crippen LogP contribution in [-0.2, 0) is 0 Å². The topological polar surface area (TPSA) is 43.4 Å². The smallest absolute Gasteiger partial charge is 0.163 e. The van der Waals surface area contributed by atoms with Crippen molar-refractivity contribution in [3.63, 3.8) is 0 Å². The number of carbonyl (C=O) groups is 2. The van der Waals surface area contributed by atoms with Gasteiger partial charge in [0.1, 0.15) is 17.8 Å². The van der Waals surface area contributed by atoms with Crippen LogP contribution in [0.2, 0.25) is 0 Å². The van der Waals surface area contributed by atoms with Gasteiger partial charge in [0.15, 0.2) is 5.78 Å². The van der Waals surface area contributed by atoms with Gasteiger partial charge in [-0.2, -0.15) is 0 Å². The molecule has 2 aromatic rings. The Morgan fingerprint density at radius 1 is 1.06 bits per heavy atom. The Morgan fingerprint density at radius 3 is 2.33 bits per heavy atom. The van der Waals surface area contributed by atoms with Gasteiger partial charge in [-0.3, -0.25) is 9.59 Å². The van der Waals surface area contributed by atoms with Crippen LogP contribution in [0.4, 0.5) is 0 Å². The van der Waals surface area contributed by atoms with Crippen LogP contribution in [0.15, 0.2) is 48.5 Å². The van der Waals surface area contributed by atoms with Crippen LogP contribution in [-0.4, -0.2) is 12.1 Å². The van der Waals surface area contributed by atoms with Gasteiger partial charge in [-0.1, -0.05) is 12.1 Å². The van der Waals surface area contributed by atoms with Gasteiger partial charge < -0.3 is 4.74 Å². The number of Topliss-reactive ketones (excluding diaryl/α,β-unsaturated/α-hetero) is 1. The zero-order chi connectivity index (χ0) is 13.0. The van der Waals surface area contributed by atoms with E-state index in [2.05, 4.69) is 0 Å².